The van der Waals surface area contributed by atoms with Crippen LogP contribution in [0.4, 0.5) is 13.2 Å². The summed E-state index contributed by atoms with van der Waals surface area (Å²) in [6, 6.07) is 10.1. The molecule has 1 aliphatic rings. The van der Waals surface area contributed by atoms with Gasteiger partial charge in [0.25, 0.3) is 5.91 Å². The summed E-state index contributed by atoms with van der Waals surface area (Å²) in [5.41, 5.74) is -0.483. The van der Waals surface area contributed by atoms with Crippen molar-refractivity contribution < 1.29 is 32.1 Å². The average Bonchev–Trinajstić information content (AvgIpc) is 2.84. The molecule has 3 rings (SSSR count). The molecule has 2 aromatic carbocycles. The molecule has 2 amide bonds. The molecule has 0 aliphatic carbocycles. The summed E-state index contributed by atoms with van der Waals surface area (Å²) >= 11 is 5.99. The smallest absolute Gasteiger partial charge is 0.408 e. The van der Waals surface area contributed by atoms with E-state index in [0.29, 0.717) is 32.7 Å². The summed E-state index contributed by atoms with van der Waals surface area (Å²) in [5.74, 6) is -1.62. The predicted octanol–water partition coefficient (Wildman–Crippen LogP) is 4.77. The normalized spacial score (nSPS) is 16.3. The fraction of sp³-hybridized carbons (Fsp3) is 0.462. The third-order valence-electron chi connectivity index (χ3n) is 6.00. The van der Waals surface area contributed by atoms with Crippen molar-refractivity contribution in [3.05, 3.63) is 68.1 Å². The van der Waals surface area contributed by atoms with Gasteiger partial charge in [-0.25, -0.2) is 0 Å². The zero-order valence-electron chi connectivity index (χ0n) is 21.6. The molecule has 0 unspecified atom stereocenters. The van der Waals surface area contributed by atoms with Crippen molar-refractivity contribution in [2.45, 2.75) is 44.8 Å². The molecule has 212 valence electrons. The quantitative estimate of drug-likeness (QED) is 0.334. The van der Waals surface area contributed by atoms with Gasteiger partial charge in [0.2, 0.25) is 5.91 Å². The highest BCUT2D eigenvalue weighted by molar-refractivity contribution is 9.11. The van der Waals surface area contributed by atoms with Gasteiger partial charge in [-0.3, -0.25) is 9.59 Å². The zero-order chi connectivity index (χ0) is 28.6. The monoisotopic (exact) mass is 675 g/mol. The molecular formula is C26H31BBr2F3N3O4. The lowest BCUT2D eigenvalue weighted by atomic mass is 9.73. The molecule has 0 spiro atoms. The Morgan fingerprint density at radius 1 is 1.05 bits per heavy atom. The largest absolute Gasteiger partial charge is 0.480 e. The second kappa shape index (κ2) is 14.6. The van der Waals surface area contributed by atoms with Gasteiger partial charge in [-0.15, -0.1) is 0 Å². The molecule has 1 fully saturated rings. The summed E-state index contributed by atoms with van der Waals surface area (Å²) < 4.78 is 52.1. The van der Waals surface area contributed by atoms with Crippen LogP contribution >= 0.6 is 31.9 Å². The number of halogens is 5. The molecule has 1 saturated heterocycles. The van der Waals surface area contributed by atoms with Crippen molar-refractivity contribution in [3.63, 3.8) is 0 Å². The average molecular weight is 677 g/mol. The van der Waals surface area contributed by atoms with Crippen molar-refractivity contribution in [3.8, 4) is 0 Å². The van der Waals surface area contributed by atoms with Gasteiger partial charge in [-0.2, -0.15) is 13.2 Å². The van der Waals surface area contributed by atoms with E-state index in [1.807, 2.05) is 32.0 Å². The lowest BCUT2D eigenvalue weighted by molar-refractivity contribution is -0.138. The number of benzene rings is 2. The summed E-state index contributed by atoms with van der Waals surface area (Å²) in [7, 11) is -0.680. The van der Waals surface area contributed by atoms with Crippen LogP contribution in [0.15, 0.2) is 51.4 Å². The van der Waals surface area contributed by atoms with Crippen LogP contribution in [0.1, 0.15) is 41.8 Å². The standard InChI is InChI=1S/C26H31BBr2F3N3O4/c1-16(2)12-22(27-38-10-8-33-9-11-39-27)35-25(37)21(13-17-6-4-3-5-7-17)34-24(36)19-14-18(28)15-20(23(19)29)26(30,31)32/h3-7,14-16,21-22,33H,8-13H2,1-2H3,(H,34,36)(H,35,37)/t21-,22-/m0/s1. The van der Waals surface area contributed by atoms with E-state index in [2.05, 4.69) is 47.8 Å². The van der Waals surface area contributed by atoms with Crippen molar-refractivity contribution >= 4 is 50.8 Å². The van der Waals surface area contributed by atoms with E-state index >= 15 is 0 Å². The van der Waals surface area contributed by atoms with Crippen molar-refractivity contribution in [2.75, 3.05) is 26.3 Å². The maximum absolute atomic E-state index is 13.6. The molecule has 0 radical (unpaired) electrons. The second-order valence-corrected chi connectivity index (χ2v) is 11.3. The molecule has 13 heteroatoms. The van der Waals surface area contributed by atoms with E-state index in [0.717, 1.165) is 11.6 Å². The van der Waals surface area contributed by atoms with Crippen LogP contribution in [-0.4, -0.2) is 57.2 Å². The van der Waals surface area contributed by atoms with E-state index < -0.39 is 47.1 Å². The first-order valence-corrected chi connectivity index (χ1v) is 14.2. The number of rotatable bonds is 9. The summed E-state index contributed by atoms with van der Waals surface area (Å²) in [5, 5.41) is 8.80. The summed E-state index contributed by atoms with van der Waals surface area (Å²) in [4.78, 5) is 26.9. The lowest BCUT2D eigenvalue weighted by Gasteiger charge is -2.29. The zero-order valence-corrected chi connectivity index (χ0v) is 24.8. The van der Waals surface area contributed by atoms with Gasteiger partial charge in [0.1, 0.15) is 6.04 Å². The third-order valence-corrected chi connectivity index (χ3v) is 7.31. The first-order chi connectivity index (χ1) is 18.5. The molecule has 1 heterocycles. The molecule has 0 aromatic heterocycles. The van der Waals surface area contributed by atoms with E-state index in [1.54, 1.807) is 12.1 Å². The number of amides is 2. The Kier molecular flexibility index (Phi) is 11.9. The maximum Gasteiger partial charge on any atom is 0.480 e. The van der Waals surface area contributed by atoms with Gasteiger partial charge < -0.3 is 25.3 Å². The molecular weight excluding hydrogens is 646 g/mol. The third kappa shape index (κ3) is 9.59. The van der Waals surface area contributed by atoms with Gasteiger partial charge in [-0.05, 0) is 46.0 Å². The number of hydrogen-bond acceptors (Lipinski definition) is 5. The van der Waals surface area contributed by atoms with Gasteiger partial charge in [0.05, 0.1) is 17.1 Å². The first kappa shape index (κ1) is 31.6. The predicted molar refractivity (Wildman–Crippen MR) is 150 cm³/mol. The SMILES string of the molecule is CC(C)C[C@H](NC(=O)[C@H](Cc1ccccc1)NC(=O)c1cc(Br)cc(C(F)(F)F)c1Br)B1OCCNCCO1. The molecule has 7 nitrogen and oxygen atoms in total. The number of hydrogen-bond donors (Lipinski definition) is 3. The molecule has 39 heavy (non-hydrogen) atoms. The van der Waals surface area contributed by atoms with Crippen LogP contribution in [0.25, 0.3) is 0 Å². The van der Waals surface area contributed by atoms with Crippen molar-refractivity contribution in [2.24, 2.45) is 5.92 Å². The van der Waals surface area contributed by atoms with E-state index in [1.165, 1.54) is 6.07 Å². The van der Waals surface area contributed by atoms with Crippen LogP contribution in [-0.2, 0) is 26.7 Å². The minimum absolute atomic E-state index is 0.0808. The van der Waals surface area contributed by atoms with E-state index in [4.69, 9.17) is 9.31 Å². The Balaban J connectivity index is 1.88. The van der Waals surface area contributed by atoms with Crippen LogP contribution in [0.5, 0.6) is 0 Å². The minimum atomic E-state index is -4.68. The fourth-order valence-corrected chi connectivity index (χ4v) is 5.28. The highest BCUT2D eigenvalue weighted by atomic mass is 79.9. The Morgan fingerprint density at radius 2 is 1.69 bits per heavy atom. The van der Waals surface area contributed by atoms with Crippen molar-refractivity contribution in [1.82, 2.24) is 16.0 Å². The number of carbonyl (C=O) groups excluding carboxylic acids is 2. The summed E-state index contributed by atoms with van der Waals surface area (Å²) in [6.45, 7) is 6.12. The molecule has 0 bridgehead atoms. The fourth-order valence-electron chi connectivity index (χ4n) is 4.18. The molecule has 2 aromatic rings. The minimum Gasteiger partial charge on any atom is -0.408 e. The van der Waals surface area contributed by atoms with Gasteiger partial charge in [0.15, 0.2) is 0 Å². The summed E-state index contributed by atoms with van der Waals surface area (Å²) in [6.07, 6.45) is -4.00. The lowest BCUT2D eigenvalue weighted by Crippen LogP contribution is -2.57. The van der Waals surface area contributed by atoms with E-state index in [-0.39, 0.29) is 22.4 Å². The Hall–Kier alpha value is -1.93. The number of alkyl halides is 3. The molecule has 2 atom stereocenters. The van der Waals surface area contributed by atoms with Crippen LogP contribution in [0.3, 0.4) is 0 Å². The van der Waals surface area contributed by atoms with Gasteiger partial charge in [0, 0.05) is 41.7 Å². The Bertz CT molecular complexity index is 1120. The van der Waals surface area contributed by atoms with Gasteiger partial charge >= 0.3 is 13.3 Å². The topological polar surface area (TPSA) is 88.7 Å². The molecule has 1 aliphatic heterocycles. The highest BCUT2D eigenvalue weighted by Gasteiger charge is 2.37. The Labute approximate surface area is 243 Å². The van der Waals surface area contributed by atoms with Crippen LogP contribution in [0, 0.1) is 5.92 Å². The van der Waals surface area contributed by atoms with Crippen LogP contribution in [0.2, 0.25) is 0 Å². The van der Waals surface area contributed by atoms with E-state index in [9.17, 15) is 22.8 Å². The molecule has 0 saturated carbocycles. The second-order valence-electron chi connectivity index (χ2n) is 9.63. The first-order valence-electron chi connectivity index (χ1n) is 12.6. The number of carbonyl (C=O) groups is 2. The van der Waals surface area contributed by atoms with Crippen molar-refractivity contribution in [1.29, 1.82) is 0 Å². The van der Waals surface area contributed by atoms with Gasteiger partial charge in [-0.1, -0.05) is 60.1 Å². The Morgan fingerprint density at radius 3 is 2.28 bits per heavy atom. The highest BCUT2D eigenvalue weighted by Crippen LogP contribution is 2.38. The molecule has 3 N–H and O–H groups in total. The van der Waals surface area contributed by atoms with Crippen LogP contribution < -0.4 is 16.0 Å². The maximum atomic E-state index is 13.6. The number of nitrogens with one attached hydrogen (secondary N) is 3.